The van der Waals surface area contributed by atoms with Gasteiger partial charge in [0.25, 0.3) is 17.7 Å². The highest BCUT2D eigenvalue weighted by Crippen LogP contribution is 2.60. The van der Waals surface area contributed by atoms with Crippen LogP contribution in [0.5, 0.6) is 11.5 Å². The quantitative estimate of drug-likeness (QED) is 0.109. The molecule has 4 aromatic carbocycles. The normalized spacial score (nSPS) is 23.7. The van der Waals surface area contributed by atoms with E-state index in [-0.39, 0.29) is 23.2 Å². The summed E-state index contributed by atoms with van der Waals surface area (Å²) in [7, 11) is 1.49. The Labute approximate surface area is 303 Å². The van der Waals surface area contributed by atoms with Crippen LogP contribution in [0.2, 0.25) is 0 Å². The minimum Gasteiger partial charge on any atom is -0.493 e. The molecule has 0 radical (unpaired) electrons. The summed E-state index contributed by atoms with van der Waals surface area (Å²) in [5, 5.41) is 3.02. The van der Waals surface area contributed by atoms with Crippen LogP contribution >= 0.6 is 12.2 Å². The van der Waals surface area contributed by atoms with Crippen LogP contribution in [0.3, 0.4) is 0 Å². The van der Waals surface area contributed by atoms with Crippen molar-refractivity contribution in [2.45, 2.75) is 43.9 Å². The van der Waals surface area contributed by atoms with Crippen molar-refractivity contribution < 1.29 is 23.9 Å². The molecule has 8 nitrogen and oxygen atoms in total. The summed E-state index contributed by atoms with van der Waals surface area (Å²) in [5.74, 6) is 1.97. The van der Waals surface area contributed by atoms with Crippen LogP contribution < -0.4 is 24.6 Å². The molecule has 3 amide bonds. The lowest BCUT2D eigenvalue weighted by molar-refractivity contribution is -0.121. The summed E-state index contributed by atoms with van der Waals surface area (Å²) in [4.78, 5) is 43.4. The molecular weight excluding hydrogens is 659 g/mol. The van der Waals surface area contributed by atoms with E-state index < -0.39 is 11.8 Å². The fourth-order valence-electron chi connectivity index (χ4n) is 9.11. The van der Waals surface area contributed by atoms with Gasteiger partial charge in [0.05, 0.1) is 18.5 Å². The molecule has 1 N–H and O–H groups in total. The van der Waals surface area contributed by atoms with E-state index in [0.29, 0.717) is 33.9 Å². The first-order valence-corrected chi connectivity index (χ1v) is 18.0. The number of rotatable bonds is 9. The van der Waals surface area contributed by atoms with Crippen molar-refractivity contribution in [1.82, 2.24) is 0 Å². The molecule has 0 aromatic heterocycles. The molecule has 4 bridgehead atoms. The number of carbonyl (C=O) groups excluding carboxylic acids is 3. The first kappa shape index (κ1) is 32.9. The van der Waals surface area contributed by atoms with Crippen molar-refractivity contribution in [2.24, 2.45) is 17.8 Å². The lowest BCUT2D eigenvalue weighted by Gasteiger charge is -2.57. The molecule has 51 heavy (non-hydrogen) atoms. The highest BCUT2D eigenvalue weighted by Gasteiger charge is 2.51. The summed E-state index contributed by atoms with van der Waals surface area (Å²) in [5.41, 5.74) is 4.02. The van der Waals surface area contributed by atoms with Crippen LogP contribution in [-0.2, 0) is 19.8 Å². The molecule has 258 valence electrons. The average molecular weight is 698 g/mol. The van der Waals surface area contributed by atoms with Crippen LogP contribution in [-0.4, -0.2) is 36.6 Å². The molecule has 9 heteroatoms. The van der Waals surface area contributed by atoms with Gasteiger partial charge in [-0.1, -0.05) is 54.6 Å². The van der Waals surface area contributed by atoms with Gasteiger partial charge in [-0.05, 0) is 140 Å². The van der Waals surface area contributed by atoms with Gasteiger partial charge in [-0.15, -0.1) is 0 Å². The number of hydrogen-bond acceptors (Lipinski definition) is 6. The maximum Gasteiger partial charge on any atom is 0.270 e. The summed E-state index contributed by atoms with van der Waals surface area (Å²) in [6.07, 6.45) is 9.65. The second kappa shape index (κ2) is 13.5. The number of hydrogen-bond donors (Lipinski definition) is 1. The van der Waals surface area contributed by atoms with Crippen molar-refractivity contribution in [2.75, 3.05) is 28.8 Å². The Kier molecular flexibility index (Phi) is 8.68. The van der Waals surface area contributed by atoms with Gasteiger partial charge in [0.15, 0.2) is 23.2 Å². The SMILES string of the molecule is COc1cc(C=C2C(=O)N(c3ccccc3)C(=S)N(c3ccccc3)C2=O)ccc1OCC(=O)Nc1ccc(C23CC4CC(CC(C4)C2)C3)cc1. The lowest BCUT2D eigenvalue weighted by Crippen LogP contribution is -2.56. The lowest BCUT2D eigenvalue weighted by atomic mass is 9.48. The predicted molar refractivity (Wildman–Crippen MR) is 202 cm³/mol. The van der Waals surface area contributed by atoms with E-state index >= 15 is 0 Å². The van der Waals surface area contributed by atoms with Gasteiger partial charge < -0.3 is 14.8 Å². The molecule has 1 aliphatic heterocycles. The van der Waals surface area contributed by atoms with Crippen molar-refractivity contribution in [3.8, 4) is 11.5 Å². The minimum atomic E-state index is -0.537. The molecule has 5 aliphatic rings. The Morgan fingerprint density at radius 2 is 1.33 bits per heavy atom. The van der Waals surface area contributed by atoms with E-state index in [1.807, 2.05) is 24.3 Å². The maximum absolute atomic E-state index is 13.9. The number of methoxy groups -OCH3 is 1. The van der Waals surface area contributed by atoms with Crippen molar-refractivity contribution >= 4 is 58.2 Å². The molecule has 1 heterocycles. The number of carbonyl (C=O) groups is 3. The number of anilines is 3. The number of benzene rings is 4. The first-order chi connectivity index (χ1) is 24.8. The molecule has 4 aliphatic carbocycles. The summed E-state index contributed by atoms with van der Waals surface area (Å²) in [6, 6.07) is 31.4. The van der Waals surface area contributed by atoms with E-state index in [2.05, 4.69) is 17.4 Å². The van der Waals surface area contributed by atoms with E-state index in [1.165, 1.54) is 67.1 Å². The fraction of sp³-hybridized carbons (Fsp3) is 0.286. The molecule has 4 aromatic rings. The number of thiocarbonyl (C=S) groups is 1. The molecule has 0 atom stereocenters. The number of para-hydroxylation sites is 2. The smallest absolute Gasteiger partial charge is 0.270 e. The number of nitrogens with zero attached hydrogens (tertiary/aromatic N) is 2. The highest BCUT2D eigenvalue weighted by atomic mass is 32.1. The van der Waals surface area contributed by atoms with Gasteiger partial charge in [-0.25, -0.2) is 0 Å². The zero-order valence-electron chi connectivity index (χ0n) is 28.4. The van der Waals surface area contributed by atoms with Gasteiger partial charge in [0.1, 0.15) is 5.57 Å². The van der Waals surface area contributed by atoms with Crippen LogP contribution in [0, 0.1) is 17.8 Å². The van der Waals surface area contributed by atoms with Crippen molar-refractivity contribution in [3.05, 3.63) is 120 Å². The van der Waals surface area contributed by atoms with E-state index in [4.69, 9.17) is 21.7 Å². The fourth-order valence-corrected chi connectivity index (χ4v) is 9.49. The third-order valence-corrected chi connectivity index (χ3v) is 11.3. The zero-order chi connectivity index (χ0) is 35.1. The molecule has 0 unspecified atom stereocenters. The third-order valence-electron chi connectivity index (χ3n) is 11.0. The van der Waals surface area contributed by atoms with Crippen molar-refractivity contribution in [1.29, 1.82) is 0 Å². The van der Waals surface area contributed by atoms with Crippen LogP contribution in [0.25, 0.3) is 6.08 Å². The predicted octanol–water partition coefficient (Wildman–Crippen LogP) is 7.93. The van der Waals surface area contributed by atoms with Gasteiger partial charge in [0.2, 0.25) is 0 Å². The number of amides is 3. The van der Waals surface area contributed by atoms with Crippen LogP contribution in [0.4, 0.5) is 17.1 Å². The number of ether oxygens (including phenoxy) is 2. The largest absolute Gasteiger partial charge is 0.493 e. The van der Waals surface area contributed by atoms with E-state index in [0.717, 1.165) is 23.4 Å². The van der Waals surface area contributed by atoms with Crippen LogP contribution in [0.15, 0.2) is 109 Å². The maximum atomic E-state index is 13.9. The molecule has 4 saturated carbocycles. The summed E-state index contributed by atoms with van der Waals surface area (Å²) in [6.45, 7) is -0.222. The Balaban J connectivity index is 0.966. The van der Waals surface area contributed by atoms with E-state index in [9.17, 15) is 14.4 Å². The Hall–Kier alpha value is -5.28. The Morgan fingerprint density at radius 1 is 0.784 bits per heavy atom. The summed E-state index contributed by atoms with van der Waals surface area (Å²) >= 11 is 5.70. The molecule has 1 saturated heterocycles. The van der Waals surface area contributed by atoms with E-state index in [1.54, 1.807) is 66.7 Å². The second-order valence-electron chi connectivity index (χ2n) is 14.3. The first-order valence-electron chi connectivity index (χ1n) is 17.6. The number of nitrogens with one attached hydrogen (secondary N) is 1. The zero-order valence-corrected chi connectivity index (χ0v) is 29.2. The highest BCUT2D eigenvalue weighted by molar-refractivity contribution is 7.81. The topological polar surface area (TPSA) is 88.2 Å². The third kappa shape index (κ3) is 6.31. The average Bonchev–Trinajstić information content (AvgIpc) is 3.13. The molecule has 9 rings (SSSR count). The monoisotopic (exact) mass is 697 g/mol. The molecular formula is C42H39N3O5S. The standard InChI is InChI=1S/C42H39N3O5S/c1-49-37-22-27(21-35-39(47)44(33-8-4-2-5-9-33)41(51)45(40(35)48)34-10-6-3-7-11-34)12-17-36(37)50-26-38(46)43-32-15-13-31(14-16-32)42-23-28-18-29(24-42)20-30(19-28)25-42/h2-17,21-22,28-30H,18-20,23-26H2,1H3,(H,43,46). The van der Waals surface area contributed by atoms with Gasteiger partial charge in [-0.3, -0.25) is 24.2 Å². The Bertz CT molecular complexity index is 1930. The van der Waals surface area contributed by atoms with Gasteiger partial charge >= 0.3 is 0 Å². The minimum absolute atomic E-state index is 0.0673. The Morgan fingerprint density at radius 3 is 1.86 bits per heavy atom. The van der Waals surface area contributed by atoms with Crippen LogP contribution in [0.1, 0.15) is 49.7 Å². The second-order valence-corrected chi connectivity index (χ2v) is 14.7. The van der Waals surface area contributed by atoms with Crippen molar-refractivity contribution in [3.63, 3.8) is 0 Å². The van der Waals surface area contributed by atoms with Gasteiger partial charge in [0, 0.05) is 5.69 Å². The molecule has 0 spiro atoms. The summed E-state index contributed by atoms with van der Waals surface area (Å²) < 4.78 is 11.5. The van der Waals surface area contributed by atoms with Gasteiger partial charge in [-0.2, -0.15) is 0 Å². The molecule has 5 fully saturated rings.